The van der Waals surface area contributed by atoms with E-state index >= 15 is 0 Å². The molecule has 0 aromatic heterocycles. The predicted molar refractivity (Wildman–Crippen MR) is 46.9 cm³/mol. The summed E-state index contributed by atoms with van der Waals surface area (Å²) in [5.74, 6) is 5.68. The molecule has 0 atom stereocenters. The van der Waals surface area contributed by atoms with Gasteiger partial charge in [0.25, 0.3) is 0 Å². The predicted octanol–water partition coefficient (Wildman–Crippen LogP) is 2.87. The number of hydrogen-bond acceptors (Lipinski definition) is 0. The molecule has 0 rings (SSSR count). The van der Waals surface area contributed by atoms with E-state index in [0.717, 1.165) is 11.1 Å². The van der Waals surface area contributed by atoms with Crippen LogP contribution in [-0.4, -0.2) is 6.67 Å². The Kier molecular flexibility index (Phi) is 5.20. The molecule has 0 fully saturated rings. The maximum Gasteiger partial charge on any atom is 0.0929 e. The van der Waals surface area contributed by atoms with Crippen molar-refractivity contribution in [3.8, 4) is 11.8 Å². The SMILES string of the molecule is C=C(C)C#C/C(C)=C\CCF. The van der Waals surface area contributed by atoms with E-state index in [4.69, 9.17) is 0 Å². The van der Waals surface area contributed by atoms with E-state index in [-0.39, 0.29) is 6.67 Å². The van der Waals surface area contributed by atoms with Crippen LogP contribution < -0.4 is 0 Å². The molecular weight excluding hydrogens is 139 g/mol. The Morgan fingerprint density at radius 2 is 2.09 bits per heavy atom. The smallest absolute Gasteiger partial charge is 0.0929 e. The van der Waals surface area contributed by atoms with Gasteiger partial charge in [0.1, 0.15) is 0 Å². The van der Waals surface area contributed by atoms with Gasteiger partial charge in [-0.3, -0.25) is 4.39 Å². The van der Waals surface area contributed by atoms with E-state index in [1.807, 2.05) is 13.8 Å². The molecule has 0 amide bonds. The van der Waals surface area contributed by atoms with Gasteiger partial charge in [-0.2, -0.15) is 0 Å². The van der Waals surface area contributed by atoms with Crippen molar-refractivity contribution in [2.45, 2.75) is 20.3 Å². The molecule has 0 N–H and O–H groups in total. The lowest BCUT2D eigenvalue weighted by Crippen LogP contribution is -1.73. The molecule has 0 heterocycles. The van der Waals surface area contributed by atoms with Crippen LogP contribution in [0.3, 0.4) is 0 Å². The van der Waals surface area contributed by atoms with Crippen LogP contribution in [0.2, 0.25) is 0 Å². The highest BCUT2D eigenvalue weighted by Crippen LogP contribution is 1.94. The van der Waals surface area contributed by atoms with Crippen LogP contribution in [-0.2, 0) is 0 Å². The summed E-state index contributed by atoms with van der Waals surface area (Å²) in [6.45, 7) is 7.03. The highest BCUT2D eigenvalue weighted by Gasteiger charge is 1.81. The minimum Gasteiger partial charge on any atom is -0.251 e. The van der Waals surface area contributed by atoms with E-state index in [2.05, 4.69) is 18.4 Å². The summed E-state index contributed by atoms with van der Waals surface area (Å²) in [5.41, 5.74) is 1.74. The van der Waals surface area contributed by atoms with Crippen LogP contribution >= 0.6 is 0 Å². The number of hydrogen-bond donors (Lipinski definition) is 0. The third kappa shape index (κ3) is 6.86. The maximum absolute atomic E-state index is 11.6. The summed E-state index contributed by atoms with van der Waals surface area (Å²) >= 11 is 0. The maximum atomic E-state index is 11.6. The van der Waals surface area contributed by atoms with Gasteiger partial charge in [-0.15, -0.1) is 0 Å². The molecule has 0 bridgehead atoms. The lowest BCUT2D eigenvalue weighted by atomic mass is 10.2. The summed E-state index contributed by atoms with van der Waals surface area (Å²) < 4.78 is 11.6. The van der Waals surface area contributed by atoms with Crippen LogP contribution in [0, 0.1) is 11.8 Å². The van der Waals surface area contributed by atoms with Gasteiger partial charge >= 0.3 is 0 Å². The lowest BCUT2D eigenvalue weighted by molar-refractivity contribution is 0.500. The molecule has 0 aromatic rings. The van der Waals surface area contributed by atoms with Gasteiger partial charge in [0.05, 0.1) is 6.67 Å². The second kappa shape index (κ2) is 5.73. The van der Waals surface area contributed by atoms with Crippen LogP contribution in [0.1, 0.15) is 20.3 Å². The second-order valence-corrected chi connectivity index (χ2v) is 2.40. The van der Waals surface area contributed by atoms with E-state index in [1.165, 1.54) is 0 Å². The first-order chi connectivity index (χ1) is 5.16. The van der Waals surface area contributed by atoms with Gasteiger partial charge in [0.2, 0.25) is 0 Å². The third-order valence-electron chi connectivity index (χ3n) is 1.03. The summed E-state index contributed by atoms with van der Waals surface area (Å²) in [6.07, 6.45) is 2.24. The molecule has 0 aromatic carbocycles. The summed E-state index contributed by atoms with van der Waals surface area (Å²) in [5, 5.41) is 0. The molecule has 0 spiro atoms. The average Bonchev–Trinajstić information content (AvgIpc) is 1.97. The fourth-order valence-electron chi connectivity index (χ4n) is 0.527. The van der Waals surface area contributed by atoms with Gasteiger partial charge < -0.3 is 0 Å². The fourth-order valence-corrected chi connectivity index (χ4v) is 0.527. The Labute approximate surface area is 67.8 Å². The monoisotopic (exact) mass is 152 g/mol. The van der Waals surface area contributed by atoms with Crippen molar-refractivity contribution in [3.05, 3.63) is 23.8 Å². The van der Waals surface area contributed by atoms with Gasteiger partial charge in [-0.05, 0) is 31.4 Å². The van der Waals surface area contributed by atoms with Crippen molar-refractivity contribution in [1.82, 2.24) is 0 Å². The molecule has 0 saturated carbocycles. The lowest BCUT2D eigenvalue weighted by Gasteiger charge is -1.85. The Bertz CT molecular complexity index is 213. The van der Waals surface area contributed by atoms with Crippen molar-refractivity contribution >= 4 is 0 Å². The van der Waals surface area contributed by atoms with Crippen molar-refractivity contribution in [2.75, 3.05) is 6.67 Å². The van der Waals surface area contributed by atoms with Crippen molar-refractivity contribution in [3.63, 3.8) is 0 Å². The van der Waals surface area contributed by atoms with E-state index in [0.29, 0.717) is 6.42 Å². The minimum atomic E-state index is -0.313. The summed E-state index contributed by atoms with van der Waals surface area (Å²) in [4.78, 5) is 0. The van der Waals surface area contributed by atoms with Gasteiger partial charge in [-0.25, -0.2) is 0 Å². The molecular formula is C10H13F. The average molecular weight is 152 g/mol. The second-order valence-electron chi connectivity index (χ2n) is 2.40. The first kappa shape index (κ1) is 9.97. The first-order valence-electron chi connectivity index (χ1n) is 3.57. The summed E-state index contributed by atoms with van der Waals surface area (Å²) in [6, 6.07) is 0. The quantitative estimate of drug-likeness (QED) is 0.534. The standard InChI is InChI=1S/C10H13F/c1-9(2)6-7-10(3)5-4-8-11/h5H,1,4,8H2,2-3H3/b10-5-. The Morgan fingerprint density at radius 3 is 2.55 bits per heavy atom. The Hall–Kier alpha value is -1.03. The molecule has 11 heavy (non-hydrogen) atoms. The number of rotatable bonds is 2. The van der Waals surface area contributed by atoms with Gasteiger partial charge in [0, 0.05) is 0 Å². The number of alkyl halides is 1. The number of allylic oxidation sites excluding steroid dienone is 3. The molecule has 60 valence electrons. The van der Waals surface area contributed by atoms with E-state index in [9.17, 15) is 4.39 Å². The highest BCUT2D eigenvalue weighted by atomic mass is 19.1. The Balaban J connectivity index is 3.97. The van der Waals surface area contributed by atoms with Crippen LogP contribution in [0.25, 0.3) is 0 Å². The van der Waals surface area contributed by atoms with Crippen molar-refractivity contribution in [2.24, 2.45) is 0 Å². The van der Waals surface area contributed by atoms with Crippen LogP contribution in [0.4, 0.5) is 4.39 Å². The first-order valence-corrected chi connectivity index (χ1v) is 3.57. The van der Waals surface area contributed by atoms with Crippen LogP contribution in [0.15, 0.2) is 23.8 Å². The van der Waals surface area contributed by atoms with Gasteiger partial charge in [0.15, 0.2) is 0 Å². The van der Waals surface area contributed by atoms with Crippen LogP contribution in [0.5, 0.6) is 0 Å². The zero-order valence-electron chi connectivity index (χ0n) is 7.08. The Morgan fingerprint density at radius 1 is 1.45 bits per heavy atom. The third-order valence-corrected chi connectivity index (χ3v) is 1.03. The summed E-state index contributed by atoms with van der Waals surface area (Å²) in [7, 11) is 0. The van der Waals surface area contributed by atoms with Gasteiger partial charge in [-0.1, -0.05) is 24.5 Å². The number of halogens is 1. The van der Waals surface area contributed by atoms with E-state index < -0.39 is 0 Å². The largest absolute Gasteiger partial charge is 0.251 e. The van der Waals surface area contributed by atoms with E-state index in [1.54, 1.807) is 6.08 Å². The molecule has 0 unspecified atom stereocenters. The molecule has 0 aliphatic heterocycles. The molecule has 0 aliphatic carbocycles. The van der Waals surface area contributed by atoms with Crippen molar-refractivity contribution < 1.29 is 4.39 Å². The molecule has 0 saturated heterocycles. The van der Waals surface area contributed by atoms with Crippen molar-refractivity contribution in [1.29, 1.82) is 0 Å². The minimum absolute atomic E-state index is 0.313. The normalized spacial score (nSPS) is 10.3. The zero-order chi connectivity index (χ0) is 8.69. The zero-order valence-corrected chi connectivity index (χ0v) is 7.08. The molecule has 0 aliphatic rings. The molecule has 0 nitrogen and oxygen atoms in total. The fraction of sp³-hybridized carbons (Fsp3) is 0.400. The topological polar surface area (TPSA) is 0 Å². The molecule has 1 heteroatoms. The molecule has 0 radical (unpaired) electrons. The highest BCUT2D eigenvalue weighted by molar-refractivity contribution is 5.34.